The molecule has 2 aromatic rings. The average molecular weight is 502 g/mol. The third kappa shape index (κ3) is 10.8. The molecule has 0 saturated heterocycles. The van der Waals surface area contributed by atoms with Gasteiger partial charge in [-0.3, -0.25) is 9.59 Å². The molecule has 0 amide bonds. The lowest BCUT2D eigenvalue weighted by atomic mass is 10.1. The number of rotatable bonds is 14. The number of nitrogens with zero attached hydrogens (tertiary/aromatic N) is 1. The van der Waals surface area contributed by atoms with E-state index in [0.717, 1.165) is 36.1 Å². The first-order valence-corrected chi connectivity index (χ1v) is 13.4. The number of likely N-dealkylation sites (N-methyl/N-ethyl adjacent to an activating group) is 1. The van der Waals surface area contributed by atoms with Gasteiger partial charge in [-0.15, -0.1) is 0 Å². The molecule has 0 N–H and O–H groups in total. The average Bonchev–Trinajstić information content (AvgIpc) is 2.82. The summed E-state index contributed by atoms with van der Waals surface area (Å²) in [5.41, 5.74) is 2.96. The third-order valence-corrected chi connectivity index (χ3v) is 7.20. The molecule has 0 fully saturated rings. The molecule has 0 aliphatic rings. The van der Waals surface area contributed by atoms with Crippen LogP contribution in [0, 0.1) is 0 Å². The Hall–Kier alpha value is -3.13. The largest absolute Gasteiger partial charge is 0.466 e. The quantitative estimate of drug-likeness (QED) is 0.210. The number of ether oxygens (including phenoxy) is 2. The molecule has 0 heterocycles. The van der Waals surface area contributed by atoms with E-state index in [1.54, 1.807) is 24.3 Å². The van der Waals surface area contributed by atoms with Crippen LogP contribution in [-0.4, -0.2) is 52.9 Å². The van der Waals surface area contributed by atoms with Gasteiger partial charge in [-0.25, -0.2) is 8.42 Å². The summed E-state index contributed by atoms with van der Waals surface area (Å²) in [6.45, 7) is 4.11. The minimum atomic E-state index is -3.32. The minimum absolute atomic E-state index is 0.109. The summed E-state index contributed by atoms with van der Waals surface area (Å²) in [5, 5.41) is 0. The Bertz CT molecular complexity index is 1080. The van der Waals surface area contributed by atoms with Crippen LogP contribution in [-0.2, 0) is 28.9 Å². The van der Waals surface area contributed by atoms with Crippen LogP contribution in [0.5, 0.6) is 0 Å². The highest BCUT2D eigenvalue weighted by Crippen LogP contribution is 2.18. The Morgan fingerprint density at radius 3 is 1.86 bits per heavy atom. The molecule has 2 rings (SSSR count). The minimum Gasteiger partial charge on any atom is -0.466 e. The molecule has 7 nitrogen and oxygen atoms in total. The Kier molecular flexibility index (Phi) is 11.5. The van der Waals surface area contributed by atoms with E-state index >= 15 is 0 Å². The lowest BCUT2D eigenvalue weighted by Gasteiger charge is -2.19. The van der Waals surface area contributed by atoms with E-state index in [4.69, 9.17) is 9.47 Å². The van der Waals surface area contributed by atoms with E-state index in [1.807, 2.05) is 48.4 Å². The second kappa shape index (κ2) is 14.3. The maximum atomic E-state index is 12.6. The van der Waals surface area contributed by atoms with Crippen LogP contribution in [0.4, 0.5) is 5.69 Å². The molecule has 35 heavy (non-hydrogen) atoms. The number of anilines is 1. The number of esters is 2. The number of hydrogen-bond donors (Lipinski definition) is 0. The Labute approximate surface area is 208 Å². The molecule has 0 atom stereocenters. The summed E-state index contributed by atoms with van der Waals surface area (Å²) in [6, 6.07) is 14.9. The van der Waals surface area contributed by atoms with Crippen LogP contribution in [0.2, 0.25) is 0 Å². The van der Waals surface area contributed by atoms with Crippen molar-refractivity contribution in [2.24, 2.45) is 0 Å². The van der Waals surface area contributed by atoms with E-state index in [2.05, 4.69) is 0 Å². The SMILES string of the molecule is CC(=O)OCCCCCCS(=O)(=O)c1ccc(C=Cc2ccc(N(C)CCOC(C)=O)cc2)cc1. The summed E-state index contributed by atoms with van der Waals surface area (Å²) in [7, 11) is -1.38. The molecule has 0 aliphatic heterocycles. The lowest BCUT2D eigenvalue weighted by Crippen LogP contribution is -2.23. The lowest BCUT2D eigenvalue weighted by molar-refractivity contribution is -0.141. The molecule has 8 heteroatoms. The first-order chi connectivity index (χ1) is 16.7. The first kappa shape index (κ1) is 28.1. The van der Waals surface area contributed by atoms with Crippen molar-refractivity contribution in [2.45, 2.75) is 44.4 Å². The monoisotopic (exact) mass is 501 g/mol. The molecular weight excluding hydrogens is 466 g/mol. The number of unbranched alkanes of at least 4 members (excludes halogenated alkanes) is 3. The van der Waals surface area contributed by atoms with Gasteiger partial charge < -0.3 is 14.4 Å². The van der Waals surface area contributed by atoms with Crippen molar-refractivity contribution in [3.05, 3.63) is 59.7 Å². The van der Waals surface area contributed by atoms with Crippen LogP contribution in [0.15, 0.2) is 53.4 Å². The van der Waals surface area contributed by atoms with Crippen LogP contribution in [0.1, 0.15) is 50.7 Å². The zero-order valence-electron chi connectivity index (χ0n) is 20.7. The maximum Gasteiger partial charge on any atom is 0.302 e. The molecule has 2 aromatic carbocycles. The van der Waals surface area contributed by atoms with Gasteiger partial charge >= 0.3 is 11.9 Å². The van der Waals surface area contributed by atoms with Gasteiger partial charge in [0.15, 0.2) is 9.84 Å². The molecular formula is C27H35NO6S. The highest BCUT2D eigenvalue weighted by molar-refractivity contribution is 7.91. The van der Waals surface area contributed by atoms with E-state index in [0.29, 0.717) is 31.1 Å². The Morgan fingerprint density at radius 2 is 1.29 bits per heavy atom. The topological polar surface area (TPSA) is 90.0 Å². The van der Waals surface area contributed by atoms with Crippen molar-refractivity contribution >= 4 is 39.6 Å². The summed E-state index contributed by atoms with van der Waals surface area (Å²) >= 11 is 0. The second-order valence-corrected chi connectivity index (χ2v) is 10.4. The van der Waals surface area contributed by atoms with Gasteiger partial charge in [0.25, 0.3) is 0 Å². The zero-order chi connectivity index (χ0) is 25.7. The van der Waals surface area contributed by atoms with Gasteiger partial charge in [-0.05, 0) is 48.2 Å². The molecule has 0 aromatic heterocycles. The van der Waals surface area contributed by atoms with Crippen molar-refractivity contribution in [1.29, 1.82) is 0 Å². The second-order valence-electron chi connectivity index (χ2n) is 8.33. The fraction of sp³-hybridized carbons (Fsp3) is 0.407. The maximum absolute atomic E-state index is 12.6. The van der Waals surface area contributed by atoms with Crippen LogP contribution >= 0.6 is 0 Å². The highest BCUT2D eigenvalue weighted by Gasteiger charge is 2.13. The number of benzene rings is 2. The molecule has 0 bridgehead atoms. The summed E-state index contributed by atoms with van der Waals surface area (Å²) in [5.74, 6) is -0.465. The first-order valence-electron chi connectivity index (χ1n) is 11.8. The van der Waals surface area contributed by atoms with Gasteiger partial charge in [0.2, 0.25) is 0 Å². The van der Waals surface area contributed by atoms with Gasteiger partial charge in [-0.1, -0.05) is 49.3 Å². The third-order valence-electron chi connectivity index (χ3n) is 5.39. The number of sulfone groups is 1. The summed E-state index contributed by atoms with van der Waals surface area (Å²) in [4.78, 5) is 23.9. The highest BCUT2D eigenvalue weighted by atomic mass is 32.2. The van der Waals surface area contributed by atoms with Crippen LogP contribution < -0.4 is 4.90 Å². The van der Waals surface area contributed by atoms with Crippen molar-refractivity contribution in [3.63, 3.8) is 0 Å². The van der Waals surface area contributed by atoms with Gasteiger partial charge in [-0.2, -0.15) is 0 Å². The van der Waals surface area contributed by atoms with Gasteiger partial charge in [0.05, 0.1) is 23.8 Å². The number of carbonyl (C=O) groups is 2. The summed E-state index contributed by atoms with van der Waals surface area (Å²) < 4.78 is 35.0. The Morgan fingerprint density at radius 1 is 0.771 bits per heavy atom. The molecule has 0 saturated carbocycles. The molecule has 0 spiro atoms. The Balaban J connectivity index is 1.82. The molecule has 190 valence electrons. The molecule has 0 aliphatic carbocycles. The van der Waals surface area contributed by atoms with Gasteiger partial charge in [0.1, 0.15) is 6.61 Å². The fourth-order valence-electron chi connectivity index (χ4n) is 3.36. The van der Waals surface area contributed by atoms with E-state index < -0.39 is 9.84 Å². The smallest absolute Gasteiger partial charge is 0.302 e. The number of carbonyl (C=O) groups excluding carboxylic acids is 2. The van der Waals surface area contributed by atoms with Crippen molar-refractivity contribution < 1.29 is 27.5 Å². The zero-order valence-corrected chi connectivity index (χ0v) is 21.6. The molecule has 0 unspecified atom stereocenters. The predicted molar refractivity (Wildman–Crippen MR) is 139 cm³/mol. The van der Waals surface area contributed by atoms with E-state index in [-0.39, 0.29) is 17.7 Å². The fourth-order valence-corrected chi connectivity index (χ4v) is 4.73. The number of hydrogen-bond acceptors (Lipinski definition) is 7. The predicted octanol–water partition coefficient (Wildman–Crippen LogP) is 4.75. The van der Waals surface area contributed by atoms with Crippen molar-refractivity contribution in [2.75, 3.05) is 37.5 Å². The van der Waals surface area contributed by atoms with E-state index in [1.165, 1.54) is 13.8 Å². The summed E-state index contributed by atoms with van der Waals surface area (Å²) in [6.07, 6.45) is 6.86. The van der Waals surface area contributed by atoms with Crippen molar-refractivity contribution in [3.8, 4) is 0 Å². The van der Waals surface area contributed by atoms with Crippen LogP contribution in [0.25, 0.3) is 12.2 Å². The normalized spacial score (nSPS) is 11.4. The van der Waals surface area contributed by atoms with Crippen molar-refractivity contribution in [1.82, 2.24) is 0 Å². The molecule has 0 radical (unpaired) electrons. The van der Waals surface area contributed by atoms with E-state index in [9.17, 15) is 18.0 Å². The van der Waals surface area contributed by atoms with Crippen LogP contribution in [0.3, 0.4) is 0 Å². The standard InChI is InChI=1S/C27H35NO6S/c1-22(29)33-19-6-4-5-7-21-35(31,32)27-16-12-25(13-17-27)9-8-24-10-14-26(15-11-24)28(3)18-20-34-23(2)30/h8-17H,4-7,18-21H2,1-3H3. The van der Waals surface area contributed by atoms with Gasteiger partial charge in [0, 0.05) is 26.6 Å².